The molecule has 0 saturated carbocycles. The molecule has 5 heteroatoms. The van der Waals surface area contributed by atoms with Crippen molar-refractivity contribution in [3.8, 4) is 0 Å². The molecule has 0 spiro atoms. The van der Waals surface area contributed by atoms with Gasteiger partial charge in [-0.15, -0.1) is 11.6 Å². The third kappa shape index (κ3) is 5.92. The number of Topliss-reactive ketones (excluding diaryl/α,β-unsaturated/α-hetero) is 1. The van der Waals surface area contributed by atoms with E-state index in [9.17, 15) is 9.59 Å². The van der Waals surface area contributed by atoms with Crippen LogP contribution in [0.5, 0.6) is 0 Å². The topological polar surface area (TPSA) is 59.2 Å². The van der Waals surface area contributed by atoms with Crippen molar-refractivity contribution in [3.63, 3.8) is 0 Å². The molecule has 0 aliphatic heterocycles. The molecule has 0 saturated heterocycles. The van der Waals surface area contributed by atoms with Crippen LogP contribution in [0.4, 0.5) is 0 Å². The zero-order valence-corrected chi connectivity index (χ0v) is 12.0. The highest BCUT2D eigenvalue weighted by Gasteiger charge is 2.08. The highest BCUT2D eigenvalue weighted by atomic mass is 35.5. The van der Waals surface area contributed by atoms with Gasteiger partial charge in [-0.05, 0) is 37.8 Å². The minimum absolute atomic E-state index is 0.0986. The summed E-state index contributed by atoms with van der Waals surface area (Å²) in [5.41, 5.74) is 1.67. The number of aromatic nitrogens is 1. The number of hydrogen-bond donors (Lipinski definition) is 1. The predicted octanol–water partition coefficient (Wildman–Crippen LogP) is 3.10. The monoisotopic (exact) mass is 285 g/mol. The van der Waals surface area contributed by atoms with E-state index >= 15 is 0 Å². The second-order valence-electron chi connectivity index (χ2n) is 4.40. The Hall–Kier alpha value is -1.29. The Balaban J connectivity index is 2.30. The van der Waals surface area contributed by atoms with Crippen LogP contribution in [0.2, 0.25) is 0 Å². The fraction of sp³-hybridized carbons (Fsp3) is 0.571. The van der Waals surface area contributed by atoms with Crippen LogP contribution in [-0.2, 0) is 16.0 Å². The lowest BCUT2D eigenvalue weighted by Gasteiger charge is -2.00. The first-order chi connectivity index (χ1) is 9.17. The van der Waals surface area contributed by atoms with E-state index in [1.165, 1.54) is 7.11 Å². The molecule has 0 aliphatic rings. The van der Waals surface area contributed by atoms with E-state index in [2.05, 4.69) is 9.72 Å². The molecule has 1 heterocycles. The van der Waals surface area contributed by atoms with Crippen LogP contribution in [0.25, 0.3) is 0 Å². The number of esters is 1. The summed E-state index contributed by atoms with van der Waals surface area (Å²) < 4.78 is 4.57. The van der Waals surface area contributed by atoms with Crippen molar-refractivity contribution >= 4 is 23.4 Å². The maximum Gasteiger partial charge on any atom is 0.305 e. The van der Waals surface area contributed by atoms with E-state index in [1.54, 1.807) is 0 Å². The third-order valence-corrected chi connectivity index (χ3v) is 3.16. The molecule has 1 rings (SSSR count). The van der Waals surface area contributed by atoms with E-state index < -0.39 is 0 Å². The maximum absolute atomic E-state index is 11.7. The van der Waals surface area contributed by atoms with Gasteiger partial charge in [0, 0.05) is 24.4 Å². The van der Waals surface area contributed by atoms with Gasteiger partial charge in [0.1, 0.15) is 0 Å². The number of hydrogen-bond acceptors (Lipinski definition) is 3. The summed E-state index contributed by atoms with van der Waals surface area (Å²) in [5, 5.41) is 0. The van der Waals surface area contributed by atoms with Crippen LogP contribution in [0.15, 0.2) is 12.1 Å². The van der Waals surface area contributed by atoms with Crippen molar-refractivity contribution < 1.29 is 14.3 Å². The second-order valence-corrected chi connectivity index (χ2v) is 4.77. The second kappa shape index (κ2) is 8.75. The lowest BCUT2D eigenvalue weighted by Crippen LogP contribution is -2.01. The molecule has 1 aromatic rings. The molecule has 0 amide bonds. The molecule has 0 unspecified atom stereocenters. The molecule has 1 N–H and O–H groups in total. The average Bonchev–Trinajstić information content (AvgIpc) is 2.89. The number of aromatic amines is 1. The Morgan fingerprint density at radius 1 is 1.21 bits per heavy atom. The molecular weight excluding hydrogens is 266 g/mol. The number of ketones is 1. The number of nitrogens with one attached hydrogen (secondary N) is 1. The lowest BCUT2D eigenvalue weighted by atomic mass is 10.1. The van der Waals surface area contributed by atoms with Gasteiger partial charge in [0.15, 0.2) is 5.78 Å². The normalized spacial score (nSPS) is 10.4. The van der Waals surface area contributed by atoms with Gasteiger partial charge in [0.05, 0.1) is 12.8 Å². The van der Waals surface area contributed by atoms with Crippen LogP contribution in [0.3, 0.4) is 0 Å². The summed E-state index contributed by atoms with van der Waals surface area (Å²) in [5.74, 6) is 0.428. The molecule has 0 aliphatic carbocycles. The lowest BCUT2D eigenvalue weighted by molar-refractivity contribution is -0.140. The zero-order valence-electron chi connectivity index (χ0n) is 11.2. The van der Waals surface area contributed by atoms with E-state index in [0.29, 0.717) is 30.8 Å². The van der Waals surface area contributed by atoms with Crippen molar-refractivity contribution in [2.45, 2.75) is 38.5 Å². The van der Waals surface area contributed by atoms with Crippen molar-refractivity contribution in [2.24, 2.45) is 0 Å². The molecule has 0 fully saturated rings. The predicted molar refractivity (Wildman–Crippen MR) is 74.6 cm³/mol. The molecule has 1 aromatic heterocycles. The Labute approximate surface area is 118 Å². The minimum Gasteiger partial charge on any atom is -0.469 e. The Kier molecular flexibility index (Phi) is 7.26. The summed E-state index contributed by atoms with van der Waals surface area (Å²) in [7, 11) is 1.39. The SMILES string of the molecule is COC(=O)CCCCc1ccc(C(=O)CCCCl)[nH]1. The summed E-state index contributed by atoms with van der Waals surface area (Å²) in [6.07, 6.45) is 4.14. The number of unbranched alkanes of at least 4 members (excludes halogenated alkanes) is 1. The first-order valence-corrected chi connectivity index (χ1v) is 7.04. The smallest absolute Gasteiger partial charge is 0.305 e. The van der Waals surface area contributed by atoms with E-state index in [0.717, 1.165) is 25.0 Å². The van der Waals surface area contributed by atoms with Crippen molar-refractivity contribution in [3.05, 3.63) is 23.5 Å². The molecule has 0 bridgehead atoms. The van der Waals surface area contributed by atoms with Gasteiger partial charge >= 0.3 is 5.97 Å². The standard InChI is InChI=1S/C14H20ClNO3/c1-19-14(18)7-3-2-5-11-8-9-12(16-11)13(17)6-4-10-15/h8-9,16H,2-7,10H2,1H3. The van der Waals surface area contributed by atoms with Crippen LogP contribution in [0.1, 0.15) is 48.3 Å². The van der Waals surface area contributed by atoms with Crippen LogP contribution >= 0.6 is 11.6 Å². The van der Waals surface area contributed by atoms with Gasteiger partial charge in [-0.2, -0.15) is 0 Å². The highest BCUT2D eigenvalue weighted by molar-refractivity contribution is 6.18. The van der Waals surface area contributed by atoms with Crippen LogP contribution in [-0.4, -0.2) is 29.7 Å². The number of aryl methyl sites for hydroxylation is 1. The molecule has 4 nitrogen and oxygen atoms in total. The molecule has 0 radical (unpaired) electrons. The van der Waals surface area contributed by atoms with Crippen LogP contribution in [0, 0.1) is 0 Å². The summed E-state index contributed by atoms with van der Waals surface area (Å²) >= 11 is 5.56. The number of H-pyrrole nitrogens is 1. The van der Waals surface area contributed by atoms with Gasteiger partial charge < -0.3 is 9.72 Å². The molecule has 0 atom stereocenters. The quantitative estimate of drug-likeness (QED) is 0.328. The number of methoxy groups -OCH3 is 1. The number of carbonyl (C=O) groups is 2. The van der Waals surface area contributed by atoms with Crippen molar-refractivity contribution in [1.82, 2.24) is 4.98 Å². The highest BCUT2D eigenvalue weighted by Crippen LogP contribution is 2.10. The summed E-state index contributed by atoms with van der Waals surface area (Å²) in [6.45, 7) is 0. The first-order valence-electron chi connectivity index (χ1n) is 6.51. The third-order valence-electron chi connectivity index (χ3n) is 2.89. The van der Waals surface area contributed by atoms with Gasteiger partial charge in [0.2, 0.25) is 0 Å². The molecular formula is C14H20ClNO3. The maximum atomic E-state index is 11.7. The fourth-order valence-corrected chi connectivity index (χ4v) is 1.93. The minimum atomic E-state index is -0.177. The van der Waals surface area contributed by atoms with Gasteiger partial charge in [0.25, 0.3) is 0 Å². The zero-order chi connectivity index (χ0) is 14.1. The first kappa shape index (κ1) is 15.8. The molecule has 106 valence electrons. The summed E-state index contributed by atoms with van der Waals surface area (Å²) in [4.78, 5) is 25.8. The van der Waals surface area contributed by atoms with Crippen LogP contribution < -0.4 is 0 Å². The molecule has 19 heavy (non-hydrogen) atoms. The number of halogens is 1. The number of alkyl halides is 1. The van der Waals surface area contributed by atoms with Crippen molar-refractivity contribution in [1.29, 1.82) is 0 Å². The van der Waals surface area contributed by atoms with Gasteiger partial charge in [-0.1, -0.05) is 0 Å². The Morgan fingerprint density at radius 2 is 2.00 bits per heavy atom. The van der Waals surface area contributed by atoms with E-state index in [-0.39, 0.29) is 11.8 Å². The number of rotatable bonds is 9. The van der Waals surface area contributed by atoms with Gasteiger partial charge in [-0.25, -0.2) is 0 Å². The Morgan fingerprint density at radius 3 is 2.68 bits per heavy atom. The fourth-order valence-electron chi connectivity index (χ4n) is 1.80. The van der Waals surface area contributed by atoms with Gasteiger partial charge in [-0.3, -0.25) is 9.59 Å². The largest absolute Gasteiger partial charge is 0.469 e. The van der Waals surface area contributed by atoms with E-state index in [4.69, 9.17) is 11.6 Å². The number of ether oxygens (including phenoxy) is 1. The molecule has 0 aromatic carbocycles. The average molecular weight is 286 g/mol. The van der Waals surface area contributed by atoms with E-state index in [1.807, 2.05) is 12.1 Å². The summed E-state index contributed by atoms with van der Waals surface area (Å²) in [6, 6.07) is 3.73. The van der Waals surface area contributed by atoms with Crippen molar-refractivity contribution in [2.75, 3.05) is 13.0 Å². The Bertz CT molecular complexity index is 415. The number of carbonyl (C=O) groups excluding carboxylic acids is 2.